The van der Waals surface area contributed by atoms with Crippen LogP contribution in [0.1, 0.15) is 17.2 Å². The fourth-order valence-corrected chi connectivity index (χ4v) is 2.35. The maximum Gasteiger partial charge on any atom is 0.118 e. The van der Waals surface area contributed by atoms with Crippen LogP contribution in [0.25, 0.3) is 0 Å². The molecule has 0 radical (unpaired) electrons. The summed E-state index contributed by atoms with van der Waals surface area (Å²) in [6.45, 7) is 0. The van der Waals surface area contributed by atoms with Crippen LogP contribution in [0.4, 0.5) is 0 Å². The van der Waals surface area contributed by atoms with Gasteiger partial charge in [0.2, 0.25) is 0 Å². The molecule has 3 rings (SSSR count). The third kappa shape index (κ3) is 3.08. The lowest BCUT2D eigenvalue weighted by molar-refractivity contribution is 0.414. The molecule has 21 heavy (non-hydrogen) atoms. The molecule has 0 saturated heterocycles. The van der Waals surface area contributed by atoms with Gasteiger partial charge in [-0.2, -0.15) is 0 Å². The molecular weight excluding hydrogens is 260 g/mol. The number of ether oxygens (including phenoxy) is 1. The van der Waals surface area contributed by atoms with Crippen molar-refractivity contribution in [2.24, 2.45) is 0 Å². The van der Waals surface area contributed by atoms with E-state index in [0.717, 1.165) is 5.75 Å². The Morgan fingerprint density at radius 1 is 0.810 bits per heavy atom. The molecule has 106 valence electrons. The first-order valence-corrected chi connectivity index (χ1v) is 6.95. The molecule has 0 aliphatic rings. The Morgan fingerprint density at radius 2 is 1.43 bits per heavy atom. The lowest BCUT2D eigenvalue weighted by atomic mass is 9.99. The third-order valence-electron chi connectivity index (χ3n) is 3.46. The van der Waals surface area contributed by atoms with E-state index in [4.69, 9.17) is 4.74 Å². The predicted octanol–water partition coefficient (Wildman–Crippen LogP) is 3.83. The highest BCUT2D eigenvalue weighted by Gasteiger charge is 2.13. The molecule has 0 fully saturated rings. The van der Waals surface area contributed by atoms with Crippen molar-refractivity contribution in [1.82, 2.24) is 4.68 Å². The molecule has 3 nitrogen and oxygen atoms in total. The minimum Gasteiger partial charge on any atom is -0.497 e. The van der Waals surface area contributed by atoms with Gasteiger partial charge in [0, 0.05) is 12.4 Å². The summed E-state index contributed by atoms with van der Waals surface area (Å²) in [5, 5.41) is 0. The van der Waals surface area contributed by atoms with Crippen LogP contribution in [0.3, 0.4) is 0 Å². The topological polar surface area (TPSA) is 26.2 Å². The quantitative estimate of drug-likeness (QED) is 0.767. The second-order valence-electron chi connectivity index (χ2n) is 4.84. The van der Waals surface area contributed by atoms with Crippen molar-refractivity contribution in [2.45, 2.75) is 6.04 Å². The maximum absolute atomic E-state index is 5.23. The lowest BCUT2D eigenvalue weighted by Crippen LogP contribution is -2.20. The van der Waals surface area contributed by atoms with Gasteiger partial charge in [-0.1, -0.05) is 42.5 Å². The van der Waals surface area contributed by atoms with Crippen LogP contribution in [-0.2, 0) is 0 Å². The van der Waals surface area contributed by atoms with Gasteiger partial charge in [0.15, 0.2) is 0 Å². The highest BCUT2D eigenvalue weighted by Crippen LogP contribution is 2.25. The molecule has 1 heterocycles. The van der Waals surface area contributed by atoms with E-state index in [1.807, 2.05) is 47.4 Å². The van der Waals surface area contributed by atoms with Crippen molar-refractivity contribution in [3.63, 3.8) is 0 Å². The van der Waals surface area contributed by atoms with Crippen molar-refractivity contribution in [3.05, 3.63) is 90.3 Å². The number of hydrogen-bond donors (Lipinski definition) is 1. The molecule has 0 saturated carbocycles. The number of nitrogens with zero attached hydrogens (tertiary/aromatic N) is 1. The zero-order valence-corrected chi connectivity index (χ0v) is 11.9. The Balaban J connectivity index is 1.94. The van der Waals surface area contributed by atoms with E-state index in [1.165, 1.54) is 11.1 Å². The molecule has 0 amide bonds. The van der Waals surface area contributed by atoms with E-state index < -0.39 is 0 Å². The van der Waals surface area contributed by atoms with Gasteiger partial charge in [-0.15, -0.1) is 0 Å². The minimum absolute atomic E-state index is 0.0875. The van der Waals surface area contributed by atoms with E-state index in [9.17, 15) is 0 Å². The van der Waals surface area contributed by atoms with Gasteiger partial charge in [0.05, 0.1) is 13.2 Å². The summed E-state index contributed by atoms with van der Waals surface area (Å²) in [7, 11) is 1.68. The first-order valence-electron chi connectivity index (χ1n) is 6.95. The van der Waals surface area contributed by atoms with Gasteiger partial charge in [0.1, 0.15) is 5.75 Å². The first-order chi connectivity index (χ1) is 10.4. The largest absolute Gasteiger partial charge is 0.497 e. The molecule has 0 spiro atoms. The van der Waals surface area contributed by atoms with E-state index in [0.29, 0.717) is 0 Å². The highest BCUT2D eigenvalue weighted by atomic mass is 16.5. The first kappa shape index (κ1) is 13.3. The highest BCUT2D eigenvalue weighted by molar-refractivity contribution is 5.37. The van der Waals surface area contributed by atoms with Crippen molar-refractivity contribution in [3.8, 4) is 5.75 Å². The minimum atomic E-state index is 0.0875. The monoisotopic (exact) mass is 278 g/mol. The average molecular weight is 278 g/mol. The normalized spacial score (nSPS) is 11.9. The Bertz CT molecular complexity index is 660. The number of aromatic nitrogens is 1. The van der Waals surface area contributed by atoms with Crippen molar-refractivity contribution >= 4 is 0 Å². The van der Waals surface area contributed by atoms with Crippen molar-refractivity contribution < 1.29 is 4.74 Å². The van der Waals surface area contributed by atoms with Gasteiger partial charge in [-0.3, -0.25) is 4.68 Å². The molecule has 2 aromatic carbocycles. The summed E-state index contributed by atoms with van der Waals surface area (Å²) >= 11 is 0. The van der Waals surface area contributed by atoms with Crippen LogP contribution in [0.15, 0.2) is 79.1 Å². The summed E-state index contributed by atoms with van der Waals surface area (Å²) in [6.07, 6.45) is 4.00. The van der Waals surface area contributed by atoms with Gasteiger partial charge in [-0.25, -0.2) is 0 Å². The summed E-state index contributed by atoms with van der Waals surface area (Å²) in [5.41, 5.74) is 5.91. The summed E-state index contributed by atoms with van der Waals surface area (Å²) in [4.78, 5) is 0. The van der Waals surface area contributed by atoms with Crippen LogP contribution in [0.2, 0.25) is 0 Å². The molecule has 0 aliphatic carbocycles. The fraction of sp³-hybridized carbons (Fsp3) is 0.111. The standard InChI is InChI=1S/C18H18N2O/c1-21-17-11-9-16(10-12-17)18(15-7-3-2-4-8-15)19-20-13-5-6-14-20/h2-14,18-19H,1H3. The number of hydrogen-bond acceptors (Lipinski definition) is 2. The summed E-state index contributed by atoms with van der Waals surface area (Å²) in [5.74, 6) is 0.867. The van der Waals surface area contributed by atoms with E-state index >= 15 is 0 Å². The molecule has 0 bridgehead atoms. The number of benzene rings is 2. The van der Waals surface area contributed by atoms with Gasteiger partial charge >= 0.3 is 0 Å². The Labute approximate surface area is 124 Å². The number of rotatable bonds is 5. The predicted molar refractivity (Wildman–Crippen MR) is 85.1 cm³/mol. The number of nitrogens with one attached hydrogen (secondary N) is 1. The van der Waals surface area contributed by atoms with E-state index in [1.54, 1.807) is 7.11 Å². The molecule has 3 aromatic rings. The molecule has 1 unspecified atom stereocenters. The maximum atomic E-state index is 5.23. The summed E-state index contributed by atoms with van der Waals surface area (Å²) < 4.78 is 7.21. The van der Waals surface area contributed by atoms with E-state index in [-0.39, 0.29) is 6.04 Å². The van der Waals surface area contributed by atoms with Gasteiger partial charge < -0.3 is 10.2 Å². The Morgan fingerprint density at radius 3 is 2.05 bits per heavy atom. The molecule has 3 heteroatoms. The lowest BCUT2D eigenvalue weighted by Gasteiger charge is -2.22. The smallest absolute Gasteiger partial charge is 0.118 e. The fourth-order valence-electron chi connectivity index (χ4n) is 2.35. The van der Waals surface area contributed by atoms with Crippen LogP contribution in [0, 0.1) is 0 Å². The zero-order valence-electron chi connectivity index (χ0n) is 11.9. The van der Waals surface area contributed by atoms with Crippen LogP contribution in [-0.4, -0.2) is 11.8 Å². The van der Waals surface area contributed by atoms with Crippen LogP contribution >= 0.6 is 0 Å². The Hall–Kier alpha value is -2.68. The Kier molecular flexibility index (Phi) is 3.92. The molecule has 0 aliphatic heterocycles. The molecule has 1 aromatic heterocycles. The molecular formula is C18H18N2O. The molecule has 1 atom stereocenters. The van der Waals surface area contributed by atoms with Gasteiger partial charge in [0.25, 0.3) is 0 Å². The second-order valence-corrected chi connectivity index (χ2v) is 4.84. The average Bonchev–Trinajstić information content (AvgIpc) is 3.07. The van der Waals surface area contributed by atoms with Gasteiger partial charge in [-0.05, 0) is 35.4 Å². The third-order valence-corrected chi connectivity index (χ3v) is 3.46. The number of methoxy groups -OCH3 is 1. The summed E-state index contributed by atoms with van der Waals surface area (Å²) in [6, 6.07) is 22.7. The second kappa shape index (κ2) is 6.18. The molecule has 1 N–H and O–H groups in total. The van der Waals surface area contributed by atoms with Crippen LogP contribution in [0.5, 0.6) is 5.75 Å². The van der Waals surface area contributed by atoms with Crippen molar-refractivity contribution in [2.75, 3.05) is 12.5 Å². The van der Waals surface area contributed by atoms with E-state index in [2.05, 4.69) is 41.8 Å². The SMILES string of the molecule is COc1ccc(C(Nn2cccc2)c2ccccc2)cc1. The van der Waals surface area contributed by atoms with Crippen molar-refractivity contribution in [1.29, 1.82) is 0 Å². The zero-order chi connectivity index (χ0) is 14.5. The van der Waals surface area contributed by atoms with Crippen LogP contribution < -0.4 is 10.2 Å².